The van der Waals surface area contributed by atoms with Crippen molar-refractivity contribution in [2.45, 2.75) is 19.3 Å². The SMILES string of the molecule is CCOC(=O)C(=O)Nc1nnc(C2CC(=O)N(c3ccc(OC)cc3)C2)s1. The van der Waals surface area contributed by atoms with Crippen LogP contribution in [0.1, 0.15) is 24.3 Å². The van der Waals surface area contributed by atoms with Gasteiger partial charge in [0.05, 0.1) is 13.7 Å². The summed E-state index contributed by atoms with van der Waals surface area (Å²) in [6, 6.07) is 7.24. The van der Waals surface area contributed by atoms with Gasteiger partial charge in [-0.3, -0.25) is 14.9 Å². The Morgan fingerprint density at radius 2 is 2.04 bits per heavy atom. The monoisotopic (exact) mass is 390 g/mol. The van der Waals surface area contributed by atoms with Gasteiger partial charge in [-0.25, -0.2) is 4.79 Å². The van der Waals surface area contributed by atoms with Crippen LogP contribution in [0.4, 0.5) is 10.8 Å². The molecule has 1 N–H and O–H groups in total. The van der Waals surface area contributed by atoms with Crippen LogP contribution in [0.25, 0.3) is 0 Å². The number of benzene rings is 1. The standard InChI is InChI=1S/C17H18N4O5S/c1-3-26-16(24)14(23)18-17-20-19-15(27-17)10-8-13(22)21(9-10)11-4-6-12(25-2)7-5-11/h4-7,10H,3,8-9H2,1-2H3,(H,18,20,23). The van der Waals surface area contributed by atoms with Gasteiger partial charge in [0.2, 0.25) is 11.0 Å². The molecule has 1 unspecified atom stereocenters. The number of nitrogens with zero attached hydrogens (tertiary/aromatic N) is 3. The van der Waals surface area contributed by atoms with Gasteiger partial charge in [-0.05, 0) is 31.2 Å². The highest BCUT2D eigenvalue weighted by molar-refractivity contribution is 7.15. The maximum Gasteiger partial charge on any atom is 0.397 e. The molecule has 1 aliphatic heterocycles. The number of anilines is 2. The van der Waals surface area contributed by atoms with Gasteiger partial charge in [0.1, 0.15) is 10.8 Å². The summed E-state index contributed by atoms with van der Waals surface area (Å²) >= 11 is 1.14. The molecule has 27 heavy (non-hydrogen) atoms. The first-order valence-corrected chi connectivity index (χ1v) is 9.09. The first-order chi connectivity index (χ1) is 13.0. The summed E-state index contributed by atoms with van der Waals surface area (Å²) in [5.74, 6) is -1.31. The van der Waals surface area contributed by atoms with E-state index >= 15 is 0 Å². The van der Waals surface area contributed by atoms with Crippen molar-refractivity contribution in [2.75, 3.05) is 30.5 Å². The predicted octanol–water partition coefficient (Wildman–Crippen LogP) is 1.57. The number of amides is 2. The minimum absolute atomic E-state index is 0.0162. The van der Waals surface area contributed by atoms with E-state index in [1.165, 1.54) is 0 Å². The highest BCUT2D eigenvalue weighted by Gasteiger charge is 2.34. The zero-order valence-corrected chi connectivity index (χ0v) is 15.6. The normalized spacial score (nSPS) is 16.3. The number of methoxy groups -OCH3 is 1. The van der Waals surface area contributed by atoms with Crippen molar-refractivity contribution in [3.05, 3.63) is 29.3 Å². The molecule has 1 saturated heterocycles. The van der Waals surface area contributed by atoms with E-state index in [0.717, 1.165) is 17.0 Å². The molecule has 0 aliphatic carbocycles. The number of aromatic nitrogens is 2. The lowest BCUT2D eigenvalue weighted by molar-refractivity contribution is -0.152. The minimum Gasteiger partial charge on any atom is -0.497 e. The Bertz CT molecular complexity index is 851. The number of rotatable bonds is 5. The fourth-order valence-corrected chi connectivity index (χ4v) is 3.51. The summed E-state index contributed by atoms with van der Waals surface area (Å²) in [6.45, 7) is 2.19. The summed E-state index contributed by atoms with van der Waals surface area (Å²) in [5.41, 5.74) is 0.781. The smallest absolute Gasteiger partial charge is 0.397 e. The fourth-order valence-electron chi connectivity index (χ4n) is 2.68. The third-order valence-electron chi connectivity index (χ3n) is 3.98. The number of carbonyl (C=O) groups is 3. The number of hydrogen-bond acceptors (Lipinski definition) is 8. The van der Waals surface area contributed by atoms with Crippen molar-refractivity contribution in [1.82, 2.24) is 10.2 Å². The predicted molar refractivity (Wildman–Crippen MR) is 97.9 cm³/mol. The second-order valence-corrected chi connectivity index (χ2v) is 6.73. The Morgan fingerprint density at radius 1 is 1.30 bits per heavy atom. The van der Waals surface area contributed by atoms with Gasteiger partial charge in [-0.2, -0.15) is 0 Å². The summed E-state index contributed by atoms with van der Waals surface area (Å²) in [6.07, 6.45) is 0.298. The van der Waals surface area contributed by atoms with E-state index in [9.17, 15) is 14.4 Å². The molecule has 2 heterocycles. The van der Waals surface area contributed by atoms with Crippen LogP contribution in [0.2, 0.25) is 0 Å². The van der Waals surface area contributed by atoms with Gasteiger partial charge in [-0.15, -0.1) is 10.2 Å². The average molecular weight is 390 g/mol. The van der Waals surface area contributed by atoms with Crippen LogP contribution >= 0.6 is 11.3 Å². The summed E-state index contributed by atoms with van der Waals surface area (Å²) in [5, 5.41) is 11.1. The first kappa shape index (κ1) is 18.8. The molecule has 0 bridgehead atoms. The van der Waals surface area contributed by atoms with Gasteiger partial charge in [0, 0.05) is 24.6 Å². The van der Waals surface area contributed by atoms with Gasteiger partial charge < -0.3 is 14.4 Å². The van der Waals surface area contributed by atoms with E-state index in [-0.39, 0.29) is 23.6 Å². The Labute approximate surface area is 159 Å². The highest BCUT2D eigenvalue weighted by atomic mass is 32.1. The molecule has 10 heteroatoms. The molecule has 1 aromatic heterocycles. The van der Waals surface area contributed by atoms with Gasteiger partial charge in [0.15, 0.2) is 0 Å². The van der Waals surface area contributed by atoms with E-state index in [1.807, 2.05) is 12.1 Å². The first-order valence-electron chi connectivity index (χ1n) is 8.27. The van der Waals surface area contributed by atoms with Crippen LogP contribution < -0.4 is 15.0 Å². The number of hydrogen-bond donors (Lipinski definition) is 1. The zero-order valence-electron chi connectivity index (χ0n) is 14.8. The second-order valence-electron chi connectivity index (χ2n) is 5.72. The van der Waals surface area contributed by atoms with Gasteiger partial charge >= 0.3 is 11.9 Å². The van der Waals surface area contributed by atoms with E-state index in [4.69, 9.17) is 4.74 Å². The fraction of sp³-hybridized carbons (Fsp3) is 0.353. The molecule has 1 aromatic carbocycles. The van der Waals surface area contributed by atoms with E-state index in [0.29, 0.717) is 23.7 Å². The van der Waals surface area contributed by atoms with Crippen molar-refractivity contribution in [3.63, 3.8) is 0 Å². The Hall–Kier alpha value is -3.01. The molecule has 1 fully saturated rings. The minimum atomic E-state index is -0.976. The van der Waals surface area contributed by atoms with Crippen molar-refractivity contribution in [1.29, 1.82) is 0 Å². The van der Waals surface area contributed by atoms with Crippen molar-refractivity contribution in [3.8, 4) is 5.75 Å². The third-order valence-corrected chi connectivity index (χ3v) is 4.98. The molecule has 0 radical (unpaired) electrons. The van der Waals surface area contributed by atoms with Crippen LogP contribution in [-0.4, -0.2) is 48.2 Å². The average Bonchev–Trinajstić information content (AvgIpc) is 3.28. The molecule has 1 aliphatic rings. The lowest BCUT2D eigenvalue weighted by Gasteiger charge is -2.16. The Morgan fingerprint density at radius 3 is 2.70 bits per heavy atom. The lowest BCUT2D eigenvalue weighted by atomic mass is 10.1. The molecule has 1 atom stereocenters. The van der Waals surface area contributed by atoms with Crippen molar-refractivity contribution >= 4 is 39.9 Å². The second kappa shape index (κ2) is 8.12. The van der Waals surface area contributed by atoms with Gasteiger partial charge in [-0.1, -0.05) is 11.3 Å². The van der Waals surface area contributed by atoms with Crippen LogP contribution in [0, 0.1) is 0 Å². The molecule has 2 amide bonds. The van der Waals surface area contributed by atoms with E-state index in [2.05, 4.69) is 20.3 Å². The third kappa shape index (κ3) is 4.22. The van der Waals surface area contributed by atoms with Crippen molar-refractivity contribution < 1.29 is 23.9 Å². The molecule has 142 valence electrons. The summed E-state index contributed by atoms with van der Waals surface area (Å²) in [4.78, 5) is 37.1. The molecule has 2 aromatic rings. The largest absolute Gasteiger partial charge is 0.497 e. The summed E-state index contributed by atoms with van der Waals surface area (Å²) in [7, 11) is 1.58. The zero-order chi connectivity index (χ0) is 19.4. The Kier molecular flexibility index (Phi) is 5.65. The number of ether oxygens (including phenoxy) is 2. The van der Waals surface area contributed by atoms with Crippen LogP contribution in [0.15, 0.2) is 24.3 Å². The van der Waals surface area contributed by atoms with Crippen LogP contribution in [0.5, 0.6) is 5.75 Å². The van der Waals surface area contributed by atoms with Crippen LogP contribution in [-0.2, 0) is 19.1 Å². The number of nitrogens with one attached hydrogen (secondary N) is 1. The van der Waals surface area contributed by atoms with E-state index in [1.54, 1.807) is 31.1 Å². The highest BCUT2D eigenvalue weighted by Crippen LogP contribution is 2.34. The topological polar surface area (TPSA) is 111 Å². The lowest BCUT2D eigenvalue weighted by Crippen LogP contribution is -2.24. The van der Waals surface area contributed by atoms with Crippen LogP contribution in [0.3, 0.4) is 0 Å². The Balaban J connectivity index is 1.66. The molecule has 9 nitrogen and oxygen atoms in total. The quantitative estimate of drug-likeness (QED) is 0.609. The molecular formula is C17H18N4O5S. The molecule has 0 saturated carbocycles. The van der Waals surface area contributed by atoms with E-state index < -0.39 is 11.9 Å². The number of esters is 1. The summed E-state index contributed by atoms with van der Waals surface area (Å²) < 4.78 is 9.75. The molecule has 3 rings (SSSR count). The maximum atomic E-state index is 12.4. The molecular weight excluding hydrogens is 372 g/mol. The maximum absolute atomic E-state index is 12.4. The van der Waals surface area contributed by atoms with Gasteiger partial charge in [0.25, 0.3) is 0 Å². The number of carbonyl (C=O) groups excluding carboxylic acids is 3. The van der Waals surface area contributed by atoms with Crippen molar-refractivity contribution in [2.24, 2.45) is 0 Å². The molecule has 0 spiro atoms.